The molecule has 0 radical (unpaired) electrons. The number of nitrogens with zero attached hydrogens (tertiary/aromatic N) is 2. The molecule has 0 aromatic carbocycles. The Kier molecular flexibility index (Phi) is 2.94. The van der Waals surface area contributed by atoms with E-state index in [-0.39, 0.29) is 0 Å². The highest BCUT2D eigenvalue weighted by Crippen LogP contribution is 1.92. The van der Waals surface area contributed by atoms with Crippen molar-refractivity contribution in [3.8, 4) is 0 Å². The fraction of sp³-hybridized carbons (Fsp3) is 0.667. The van der Waals surface area contributed by atoms with Crippen LogP contribution in [0.1, 0.15) is 6.42 Å². The summed E-state index contributed by atoms with van der Waals surface area (Å²) in [5.41, 5.74) is 0. The molecular weight excluding hydrogens is 164 g/mol. The third kappa shape index (κ3) is 2.54. The van der Waals surface area contributed by atoms with Crippen molar-refractivity contribution in [2.45, 2.75) is 19.0 Å². The summed E-state index contributed by atoms with van der Waals surface area (Å²) in [5, 5.41) is 6.72. The van der Waals surface area contributed by atoms with E-state index in [1.165, 1.54) is 6.42 Å². The molecular formula is C9H16N4. The predicted octanol–water partition coefficient (Wildman–Crippen LogP) is -0.165. The van der Waals surface area contributed by atoms with E-state index in [2.05, 4.69) is 20.2 Å². The highest BCUT2D eigenvalue weighted by Gasteiger charge is 2.14. The van der Waals surface area contributed by atoms with Gasteiger partial charge in [-0.25, -0.2) is 4.98 Å². The van der Waals surface area contributed by atoms with Crippen molar-refractivity contribution in [1.29, 1.82) is 0 Å². The van der Waals surface area contributed by atoms with Gasteiger partial charge in [0.15, 0.2) is 0 Å². The third-order valence-electron chi connectivity index (χ3n) is 2.37. The van der Waals surface area contributed by atoms with Gasteiger partial charge in [-0.1, -0.05) is 0 Å². The molecule has 1 aromatic rings. The van der Waals surface area contributed by atoms with E-state index in [4.69, 9.17) is 0 Å². The number of aryl methyl sites for hydroxylation is 1. The van der Waals surface area contributed by atoms with Crippen molar-refractivity contribution in [2.75, 3.05) is 19.6 Å². The average molecular weight is 180 g/mol. The minimum Gasteiger partial charge on any atom is -0.337 e. The lowest BCUT2D eigenvalue weighted by Crippen LogP contribution is -2.55. The summed E-state index contributed by atoms with van der Waals surface area (Å²) < 4.78 is 2.11. The molecule has 1 saturated heterocycles. The zero-order valence-corrected chi connectivity index (χ0v) is 7.74. The number of nitrogens with one attached hydrogen (secondary N) is 2. The predicted molar refractivity (Wildman–Crippen MR) is 51.5 cm³/mol. The summed E-state index contributed by atoms with van der Waals surface area (Å²) in [5.74, 6) is 0. The second kappa shape index (κ2) is 4.39. The normalized spacial score (nSPS) is 17.2. The first kappa shape index (κ1) is 8.72. The average Bonchev–Trinajstić information content (AvgIpc) is 2.53. The zero-order chi connectivity index (χ0) is 8.93. The maximum Gasteiger partial charge on any atom is 0.0945 e. The Hall–Kier alpha value is -0.870. The summed E-state index contributed by atoms with van der Waals surface area (Å²) in [6.45, 7) is 4.42. The van der Waals surface area contributed by atoms with E-state index in [0.717, 1.165) is 26.2 Å². The van der Waals surface area contributed by atoms with Crippen molar-refractivity contribution in [3.63, 3.8) is 0 Å². The molecule has 1 aliphatic rings. The lowest BCUT2D eigenvalue weighted by atomic mass is 10.2. The van der Waals surface area contributed by atoms with Gasteiger partial charge in [0, 0.05) is 38.1 Å². The van der Waals surface area contributed by atoms with Gasteiger partial charge in [-0.15, -0.1) is 0 Å². The monoisotopic (exact) mass is 180 g/mol. The van der Waals surface area contributed by atoms with E-state index in [1.54, 1.807) is 0 Å². The first-order valence-corrected chi connectivity index (χ1v) is 4.85. The molecule has 0 saturated carbocycles. The van der Waals surface area contributed by atoms with Gasteiger partial charge in [0.25, 0.3) is 0 Å². The maximum absolute atomic E-state index is 4.00. The topological polar surface area (TPSA) is 41.9 Å². The van der Waals surface area contributed by atoms with E-state index in [1.807, 2.05) is 18.7 Å². The second-order valence-electron chi connectivity index (χ2n) is 3.46. The summed E-state index contributed by atoms with van der Waals surface area (Å²) >= 11 is 0. The van der Waals surface area contributed by atoms with Crippen LogP contribution in [0.5, 0.6) is 0 Å². The van der Waals surface area contributed by atoms with Crippen molar-refractivity contribution < 1.29 is 0 Å². The molecule has 0 unspecified atom stereocenters. The minimum absolute atomic E-state index is 0.711. The fourth-order valence-electron chi connectivity index (χ4n) is 1.42. The Balaban J connectivity index is 1.53. The molecule has 0 spiro atoms. The van der Waals surface area contributed by atoms with Crippen LogP contribution in [0.3, 0.4) is 0 Å². The Morgan fingerprint density at radius 2 is 2.46 bits per heavy atom. The molecule has 2 heterocycles. The van der Waals surface area contributed by atoms with Crippen molar-refractivity contribution >= 4 is 0 Å². The first-order chi connectivity index (χ1) is 6.45. The molecule has 1 aliphatic heterocycles. The van der Waals surface area contributed by atoms with Crippen molar-refractivity contribution in [3.05, 3.63) is 18.7 Å². The minimum atomic E-state index is 0.711. The van der Waals surface area contributed by atoms with Gasteiger partial charge in [-0.2, -0.15) is 0 Å². The van der Waals surface area contributed by atoms with Gasteiger partial charge in [-0.3, -0.25) is 0 Å². The molecule has 0 aliphatic carbocycles. The molecule has 4 nitrogen and oxygen atoms in total. The number of hydrogen-bond acceptors (Lipinski definition) is 3. The number of imidazole rings is 1. The van der Waals surface area contributed by atoms with Crippen LogP contribution >= 0.6 is 0 Å². The van der Waals surface area contributed by atoms with Crippen LogP contribution in [-0.2, 0) is 6.54 Å². The lowest BCUT2D eigenvalue weighted by Gasteiger charge is -2.28. The van der Waals surface area contributed by atoms with Crippen LogP contribution in [0.15, 0.2) is 18.7 Å². The lowest BCUT2D eigenvalue weighted by molar-refractivity contribution is 0.362. The Bertz CT molecular complexity index is 228. The molecule has 0 atom stereocenters. The van der Waals surface area contributed by atoms with Gasteiger partial charge < -0.3 is 15.2 Å². The highest BCUT2D eigenvalue weighted by molar-refractivity contribution is 4.81. The molecule has 2 rings (SSSR count). The zero-order valence-electron chi connectivity index (χ0n) is 7.74. The van der Waals surface area contributed by atoms with Crippen LogP contribution in [0.25, 0.3) is 0 Å². The number of rotatable bonds is 5. The van der Waals surface area contributed by atoms with Crippen LogP contribution in [0.4, 0.5) is 0 Å². The van der Waals surface area contributed by atoms with Crippen LogP contribution in [-0.4, -0.2) is 35.2 Å². The summed E-state index contributed by atoms with van der Waals surface area (Å²) in [6.07, 6.45) is 6.87. The Labute approximate surface area is 78.4 Å². The van der Waals surface area contributed by atoms with Gasteiger partial charge in [-0.05, 0) is 13.0 Å². The van der Waals surface area contributed by atoms with Gasteiger partial charge >= 0.3 is 0 Å². The largest absolute Gasteiger partial charge is 0.337 e. The molecule has 72 valence electrons. The smallest absolute Gasteiger partial charge is 0.0945 e. The number of hydrogen-bond donors (Lipinski definition) is 2. The SMILES string of the molecule is c1cn(CCCNC2CNC2)cn1. The van der Waals surface area contributed by atoms with E-state index < -0.39 is 0 Å². The Morgan fingerprint density at radius 1 is 1.54 bits per heavy atom. The third-order valence-corrected chi connectivity index (χ3v) is 2.37. The standard InChI is InChI=1S/C9H16N4/c1(2-12-9-6-11-7-9)4-13-5-3-10-8-13/h3,5,8-9,11-12H,1-2,4,6-7H2. The molecule has 0 bridgehead atoms. The Morgan fingerprint density at radius 3 is 3.08 bits per heavy atom. The van der Waals surface area contributed by atoms with Gasteiger partial charge in [0.1, 0.15) is 0 Å². The van der Waals surface area contributed by atoms with Gasteiger partial charge in [0.05, 0.1) is 6.33 Å². The summed E-state index contributed by atoms with van der Waals surface area (Å²) in [6, 6.07) is 0.711. The summed E-state index contributed by atoms with van der Waals surface area (Å²) in [4.78, 5) is 4.00. The van der Waals surface area contributed by atoms with Crippen molar-refractivity contribution in [2.24, 2.45) is 0 Å². The molecule has 1 aromatic heterocycles. The van der Waals surface area contributed by atoms with E-state index >= 15 is 0 Å². The number of aromatic nitrogens is 2. The van der Waals surface area contributed by atoms with Gasteiger partial charge in [0.2, 0.25) is 0 Å². The van der Waals surface area contributed by atoms with E-state index in [9.17, 15) is 0 Å². The molecule has 0 amide bonds. The quantitative estimate of drug-likeness (QED) is 0.618. The second-order valence-corrected chi connectivity index (χ2v) is 3.46. The molecule has 1 fully saturated rings. The fourth-order valence-corrected chi connectivity index (χ4v) is 1.42. The summed E-state index contributed by atoms with van der Waals surface area (Å²) in [7, 11) is 0. The van der Waals surface area contributed by atoms with E-state index in [0.29, 0.717) is 6.04 Å². The first-order valence-electron chi connectivity index (χ1n) is 4.85. The van der Waals surface area contributed by atoms with Crippen LogP contribution in [0, 0.1) is 0 Å². The van der Waals surface area contributed by atoms with Crippen LogP contribution < -0.4 is 10.6 Å². The maximum atomic E-state index is 4.00. The molecule has 4 heteroatoms. The highest BCUT2D eigenvalue weighted by atomic mass is 15.1. The van der Waals surface area contributed by atoms with Crippen LogP contribution in [0.2, 0.25) is 0 Å². The molecule has 13 heavy (non-hydrogen) atoms. The molecule has 2 N–H and O–H groups in total. The van der Waals surface area contributed by atoms with Crippen molar-refractivity contribution in [1.82, 2.24) is 20.2 Å².